The Bertz CT molecular complexity index is 179. The number of halogens is 2. The topological polar surface area (TPSA) is 9.23 Å². The summed E-state index contributed by atoms with van der Waals surface area (Å²) in [6.45, 7) is 9.56. The van der Waals surface area contributed by atoms with Gasteiger partial charge in [0.1, 0.15) is 0 Å². The SMILES string of the molecule is C[Si](C)(CCCCBr)O[Si](C)(C)CCCCBr. The summed E-state index contributed by atoms with van der Waals surface area (Å²) in [4.78, 5) is 0. The van der Waals surface area contributed by atoms with Gasteiger partial charge in [-0.25, -0.2) is 0 Å². The molecular weight excluding hydrogens is 376 g/mol. The van der Waals surface area contributed by atoms with Gasteiger partial charge in [-0.2, -0.15) is 0 Å². The molecule has 0 atom stereocenters. The molecule has 0 saturated heterocycles. The highest BCUT2D eigenvalue weighted by molar-refractivity contribution is 9.09. The van der Waals surface area contributed by atoms with Crippen molar-refractivity contribution in [1.82, 2.24) is 0 Å². The largest absolute Gasteiger partial charge is 0.455 e. The van der Waals surface area contributed by atoms with E-state index in [-0.39, 0.29) is 0 Å². The Kier molecular flexibility index (Phi) is 10.0. The lowest BCUT2D eigenvalue weighted by atomic mass is 10.4. The molecule has 0 N–H and O–H groups in total. The van der Waals surface area contributed by atoms with Gasteiger partial charge >= 0.3 is 0 Å². The summed E-state index contributed by atoms with van der Waals surface area (Å²) in [5.41, 5.74) is 0. The molecule has 104 valence electrons. The lowest BCUT2D eigenvalue weighted by Crippen LogP contribution is -2.44. The maximum Gasteiger partial charge on any atom is 0.173 e. The number of hydrogen-bond donors (Lipinski definition) is 0. The van der Waals surface area contributed by atoms with E-state index in [2.05, 4.69) is 58.0 Å². The summed E-state index contributed by atoms with van der Waals surface area (Å²) < 4.78 is 6.57. The molecule has 0 aromatic carbocycles. The minimum absolute atomic E-state index is 1.13. The first-order valence-corrected chi connectivity index (χ1v) is 15.1. The Morgan fingerprint density at radius 2 is 1.06 bits per heavy atom. The zero-order chi connectivity index (χ0) is 13.4. The monoisotopic (exact) mass is 402 g/mol. The van der Waals surface area contributed by atoms with Crippen LogP contribution in [0.15, 0.2) is 0 Å². The predicted octanol–water partition coefficient (Wildman–Crippen LogP) is 5.76. The van der Waals surface area contributed by atoms with Crippen molar-refractivity contribution in [3.8, 4) is 0 Å². The van der Waals surface area contributed by atoms with E-state index in [0.717, 1.165) is 10.7 Å². The van der Waals surface area contributed by atoms with Gasteiger partial charge in [0.15, 0.2) is 16.6 Å². The molecule has 0 amide bonds. The molecule has 0 aliphatic heterocycles. The molecule has 5 heteroatoms. The second-order valence-corrected chi connectivity index (χ2v) is 16.4. The van der Waals surface area contributed by atoms with Gasteiger partial charge < -0.3 is 4.12 Å². The quantitative estimate of drug-likeness (QED) is 0.255. The van der Waals surface area contributed by atoms with E-state index in [1.165, 1.54) is 37.8 Å². The molecule has 0 bridgehead atoms. The van der Waals surface area contributed by atoms with Crippen molar-refractivity contribution in [1.29, 1.82) is 0 Å². The van der Waals surface area contributed by atoms with Crippen LogP contribution < -0.4 is 0 Å². The van der Waals surface area contributed by atoms with Crippen LogP contribution in [0.2, 0.25) is 38.3 Å². The summed E-state index contributed by atoms with van der Waals surface area (Å²) in [5.74, 6) is 0. The highest BCUT2D eigenvalue weighted by Gasteiger charge is 2.31. The third-order valence-corrected chi connectivity index (χ3v) is 11.5. The van der Waals surface area contributed by atoms with E-state index in [9.17, 15) is 0 Å². The van der Waals surface area contributed by atoms with Crippen LogP contribution in [-0.4, -0.2) is 27.3 Å². The predicted molar refractivity (Wildman–Crippen MR) is 91.7 cm³/mol. The lowest BCUT2D eigenvalue weighted by molar-refractivity contribution is 0.529. The van der Waals surface area contributed by atoms with Crippen LogP contribution in [0.25, 0.3) is 0 Å². The zero-order valence-electron chi connectivity index (χ0n) is 11.8. The Labute approximate surface area is 127 Å². The number of hydrogen-bond acceptors (Lipinski definition) is 1. The van der Waals surface area contributed by atoms with E-state index in [4.69, 9.17) is 4.12 Å². The first kappa shape index (κ1) is 18.4. The Balaban J connectivity index is 3.99. The van der Waals surface area contributed by atoms with Crippen molar-refractivity contribution >= 4 is 48.5 Å². The third-order valence-electron chi connectivity index (χ3n) is 2.88. The average molecular weight is 404 g/mol. The molecule has 0 spiro atoms. The van der Waals surface area contributed by atoms with Crippen molar-refractivity contribution in [2.75, 3.05) is 10.7 Å². The van der Waals surface area contributed by atoms with Crippen LogP contribution in [0.3, 0.4) is 0 Å². The van der Waals surface area contributed by atoms with Crippen LogP contribution in [0.1, 0.15) is 25.7 Å². The maximum absolute atomic E-state index is 6.57. The molecule has 0 aromatic heterocycles. The fourth-order valence-corrected chi connectivity index (χ4v) is 11.9. The molecule has 0 aliphatic rings. The van der Waals surface area contributed by atoms with E-state index in [1.807, 2.05) is 0 Å². The second-order valence-electron chi connectivity index (χ2n) is 5.91. The molecule has 0 radical (unpaired) electrons. The molecule has 0 rings (SSSR count). The molecule has 17 heavy (non-hydrogen) atoms. The van der Waals surface area contributed by atoms with Gasteiger partial charge in [0.25, 0.3) is 0 Å². The fraction of sp³-hybridized carbons (Fsp3) is 1.00. The van der Waals surface area contributed by atoms with E-state index in [0.29, 0.717) is 0 Å². The molecule has 0 unspecified atom stereocenters. The molecular formula is C12H28Br2OSi2. The average Bonchev–Trinajstić information content (AvgIpc) is 2.16. The highest BCUT2D eigenvalue weighted by atomic mass is 79.9. The summed E-state index contributed by atoms with van der Waals surface area (Å²) in [6.07, 6.45) is 5.20. The summed E-state index contributed by atoms with van der Waals surface area (Å²) >= 11 is 7.00. The molecule has 0 heterocycles. The smallest absolute Gasteiger partial charge is 0.173 e. The number of unbranched alkanes of at least 4 members (excludes halogenated alkanes) is 2. The molecule has 0 saturated carbocycles. The van der Waals surface area contributed by atoms with Gasteiger partial charge in [0, 0.05) is 10.7 Å². The number of alkyl halides is 2. The van der Waals surface area contributed by atoms with Gasteiger partial charge in [-0.15, -0.1) is 0 Å². The van der Waals surface area contributed by atoms with Gasteiger partial charge in [-0.1, -0.05) is 44.7 Å². The number of rotatable bonds is 10. The zero-order valence-corrected chi connectivity index (χ0v) is 17.0. The van der Waals surface area contributed by atoms with Crippen molar-refractivity contribution in [3.63, 3.8) is 0 Å². The Morgan fingerprint density at radius 3 is 1.35 bits per heavy atom. The van der Waals surface area contributed by atoms with Crippen LogP contribution in [-0.2, 0) is 4.12 Å². The Hall–Kier alpha value is 1.35. The summed E-state index contributed by atoms with van der Waals surface area (Å²) in [5, 5.41) is 2.26. The van der Waals surface area contributed by atoms with Gasteiger partial charge in [0.2, 0.25) is 0 Å². The van der Waals surface area contributed by atoms with Crippen molar-refractivity contribution in [2.24, 2.45) is 0 Å². The lowest BCUT2D eigenvalue weighted by Gasteiger charge is -2.34. The van der Waals surface area contributed by atoms with Crippen molar-refractivity contribution in [3.05, 3.63) is 0 Å². The minimum atomic E-state index is -1.41. The first-order valence-electron chi connectivity index (χ1n) is 6.65. The summed E-state index contributed by atoms with van der Waals surface area (Å²) in [6, 6.07) is 2.63. The fourth-order valence-electron chi connectivity index (χ4n) is 2.14. The van der Waals surface area contributed by atoms with Crippen molar-refractivity contribution < 1.29 is 4.12 Å². The third kappa shape index (κ3) is 10.9. The van der Waals surface area contributed by atoms with Crippen LogP contribution in [0.4, 0.5) is 0 Å². The first-order chi connectivity index (χ1) is 7.83. The van der Waals surface area contributed by atoms with Crippen LogP contribution in [0.5, 0.6) is 0 Å². The van der Waals surface area contributed by atoms with Gasteiger partial charge in [-0.3, -0.25) is 0 Å². The minimum Gasteiger partial charge on any atom is -0.455 e. The molecule has 0 aromatic rings. The molecule has 1 nitrogen and oxygen atoms in total. The van der Waals surface area contributed by atoms with E-state index in [1.54, 1.807) is 0 Å². The van der Waals surface area contributed by atoms with E-state index < -0.39 is 16.6 Å². The molecule has 0 aliphatic carbocycles. The highest BCUT2D eigenvalue weighted by Crippen LogP contribution is 2.25. The summed E-state index contributed by atoms with van der Waals surface area (Å²) in [7, 11) is -2.81. The van der Waals surface area contributed by atoms with Gasteiger partial charge in [0.05, 0.1) is 0 Å². The normalized spacial score (nSPS) is 13.1. The van der Waals surface area contributed by atoms with Gasteiger partial charge in [-0.05, 0) is 51.1 Å². The molecule has 0 fully saturated rings. The van der Waals surface area contributed by atoms with Crippen molar-refractivity contribution in [2.45, 2.75) is 64.0 Å². The van der Waals surface area contributed by atoms with E-state index >= 15 is 0 Å². The second kappa shape index (κ2) is 9.29. The Morgan fingerprint density at radius 1 is 0.706 bits per heavy atom. The maximum atomic E-state index is 6.57. The van der Waals surface area contributed by atoms with Crippen LogP contribution >= 0.6 is 31.9 Å². The van der Waals surface area contributed by atoms with Crippen LogP contribution in [0, 0.1) is 0 Å². The standard InChI is InChI=1S/C12H28Br2OSi2/c1-16(2,11-7-5-9-13)15-17(3,4)12-8-6-10-14/h5-12H2,1-4H3.